The van der Waals surface area contributed by atoms with Gasteiger partial charge in [0.15, 0.2) is 0 Å². The highest BCUT2D eigenvalue weighted by molar-refractivity contribution is 5.80. The Balaban J connectivity index is 0.00000101. The Morgan fingerprint density at radius 3 is 2.67 bits per heavy atom. The fraction of sp³-hybridized carbons (Fsp3) is 0.737. The van der Waals surface area contributed by atoms with Crippen molar-refractivity contribution in [2.24, 2.45) is 0 Å². The summed E-state index contributed by atoms with van der Waals surface area (Å²) in [5.41, 5.74) is 0.884. The Bertz CT molecular complexity index is 739. The number of nitrogens with one attached hydrogen (secondary N) is 1. The number of aromatic nitrogens is 2. The number of likely N-dealkylation sites (tertiary alicyclic amines) is 1. The maximum Gasteiger partial charge on any atom is 0.290 e. The van der Waals surface area contributed by atoms with Crippen molar-refractivity contribution in [3.05, 3.63) is 11.4 Å². The van der Waals surface area contributed by atoms with Crippen molar-refractivity contribution in [2.45, 2.75) is 56.7 Å². The number of aryl methyl sites for hydroxylation is 1. The fourth-order valence-corrected chi connectivity index (χ4v) is 4.34. The molecule has 2 amide bonds. The van der Waals surface area contributed by atoms with E-state index in [1.807, 2.05) is 23.9 Å². The molecule has 1 aromatic heterocycles. The second-order valence-corrected chi connectivity index (χ2v) is 7.98. The number of ether oxygens (including phenoxy) is 1. The van der Waals surface area contributed by atoms with Gasteiger partial charge >= 0.3 is 0 Å². The van der Waals surface area contributed by atoms with Crippen LogP contribution >= 0.6 is 0 Å². The van der Waals surface area contributed by atoms with Gasteiger partial charge in [-0.3, -0.25) is 14.4 Å². The van der Waals surface area contributed by atoms with Gasteiger partial charge < -0.3 is 25.0 Å². The number of hydrogen-bond donors (Lipinski definition) is 2. The molecular formula is C19H31N5O6. The smallest absolute Gasteiger partial charge is 0.290 e. The summed E-state index contributed by atoms with van der Waals surface area (Å²) in [5, 5.41) is 17.6. The lowest BCUT2D eigenvalue weighted by Gasteiger charge is -2.43. The van der Waals surface area contributed by atoms with Crippen molar-refractivity contribution in [3.8, 4) is 0 Å². The minimum Gasteiger partial charge on any atom is -0.483 e. The van der Waals surface area contributed by atoms with E-state index in [0.29, 0.717) is 30.9 Å². The number of amides is 2. The summed E-state index contributed by atoms with van der Waals surface area (Å²) in [6, 6.07) is 0.00292. The highest BCUT2D eigenvalue weighted by atomic mass is 16.6. The molecular weight excluding hydrogens is 394 g/mol. The molecule has 0 radical (unpaired) electrons. The Morgan fingerprint density at radius 1 is 1.40 bits per heavy atom. The number of nitrogens with zero attached hydrogens (tertiary/aromatic N) is 4. The maximum absolute atomic E-state index is 12.9. The van der Waals surface area contributed by atoms with E-state index in [2.05, 4.69) is 15.6 Å². The topological polar surface area (TPSA) is 138 Å². The van der Waals surface area contributed by atoms with Crippen LogP contribution in [0.15, 0.2) is 4.63 Å². The van der Waals surface area contributed by atoms with E-state index >= 15 is 0 Å². The van der Waals surface area contributed by atoms with Crippen molar-refractivity contribution in [1.29, 1.82) is 0 Å². The summed E-state index contributed by atoms with van der Waals surface area (Å²) < 4.78 is 10.6. The number of likely N-dealkylation sites (N-methyl/N-ethyl adjacent to an activating group) is 1. The fourth-order valence-electron chi connectivity index (χ4n) is 4.34. The molecule has 30 heavy (non-hydrogen) atoms. The van der Waals surface area contributed by atoms with E-state index in [4.69, 9.17) is 19.3 Å². The van der Waals surface area contributed by atoms with E-state index in [-0.39, 0.29) is 42.4 Å². The van der Waals surface area contributed by atoms with E-state index < -0.39 is 0 Å². The molecule has 3 rings (SSSR count). The summed E-state index contributed by atoms with van der Waals surface area (Å²) in [6.07, 6.45) is 3.37. The number of fused-ring (bicyclic) bond motifs is 1. The van der Waals surface area contributed by atoms with Gasteiger partial charge in [-0.1, -0.05) is 10.3 Å². The predicted molar refractivity (Wildman–Crippen MR) is 106 cm³/mol. The van der Waals surface area contributed by atoms with E-state index in [1.54, 1.807) is 14.0 Å². The van der Waals surface area contributed by atoms with E-state index in [0.717, 1.165) is 19.3 Å². The molecule has 0 spiro atoms. The number of rotatable bonds is 6. The zero-order valence-corrected chi connectivity index (χ0v) is 18.0. The molecule has 1 aromatic rings. The van der Waals surface area contributed by atoms with Crippen LogP contribution in [0.4, 0.5) is 0 Å². The van der Waals surface area contributed by atoms with Crippen LogP contribution in [0.2, 0.25) is 0 Å². The molecule has 11 heteroatoms. The minimum absolute atomic E-state index is 0.00186. The molecule has 1 aliphatic heterocycles. The quantitative estimate of drug-likeness (QED) is 0.595. The van der Waals surface area contributed by atoms with Crippen molar-refractivity contribution in [1.82, 2.24) is 25.4 Å². The molecule has 168 valence electrons. The van der Waals surface area contributed by atoms with Gasteiger partial charge in [0.2, 0.25) is 11.8 Å². The molecule has 1 saturated heterocycles. The van der Waals surface area contributed by atoms with Gasteiger partial charge in [0.25, 0.3) is 6.47 Å². The van der Waals surface area contributed by atoms with Crippen molar-refractivity contribution < 1.29 is 28.9 Å². The van der Waals surface area contributed by atoms with Crippen LogP contribution in [0.3, 0.4) is 0 Å². The first-order chi connectivity index (χ1) is 14.3. The van der Waals surface area contributed by atoms with Crippen LogP contribution in [0.25, 0.3) is 0 Å². The largest absolute Gasteiger partial charge is 0.483 e. The van der Waals surface area contributed by atoms with Crippen molar-refractivity contribution in [3.63, 3.8) is 0 Å². The third-order valence-electron chi connectivity index (χ3n) is 5.80. The van der Waals surface area contributed by atoms with Crippen LogP contribution in [-0.4, -0.2) is 95.5 Å². The zero-order valence-electron chi connectivity index (χ0n) is 18.0. The summed E-state index contributed by atoms with van der Waals surface area (Å²) in [5.74, 6) is 0.00748. The Kier molecular flexibility index (Phi) is 8.30. The molecule has 2 aliphatic rings. The van der Waals surface area contributed by atoms with Crippen LogP contribution in [0, 0.1) is 6.92 Å². The van der Waals surface area contributed by atoms with Gasteiger partial charge in [0, 0.05) is 19.7 Å². The van der Waals surface area contributed by atoms with Crippen LogP contribution < -0.4 is 5.32 Å². The number of carbonyl (C=O) groups excluding carboxylic acids is 2. The molecule has 1 aliphatic carbocycles. The van der Waals surface area contributed by atoms with Gasteiger partial charge in [-0.25, -0.2) is 4.63 Å². The van der Waals surface area contributed by atoms with Crippen molar-refractivity contribution >= 4 is 18.3 Å². The molecule has 0 bridgehead atoms. The molecule has 0 aromatic carbocycles. The second kappa shape index (κ2) is 10.5. The third-order valence-corrected chi connectivity index (χ3v) is 5.80. The normalized spacial score (nSPS) is 25.3. The Morgan fingerprint density at radius 2 is 2.10 bits per heavy atom. The van der Waals surface area contributed by atoms with Crippen LogP contribution in [0.1, 0.15) is 37.1 Å². The lowest BCUT2D eigenvalue weighted by molar-refractivity contribution is -0.137. The minimum atomic E-state index is -0.324. The van der Waals surface area contributed by atoms with Gasteiger partial charge in [-0.05, 0) is 46.7 Å². The molecule has 2 heterocycles. The summed E-state index contributed by atoms with van der Waals surface area (Å²) in [7, 11) is 5.46. The van der Waals surface area contributed by atoms with E-state index in [1.165, 1.54) is 0 Å². The molecule has 3 atom stereocenters. The first-order valence-electron chi connectivity index (χ1n) is 9.91. The standard InChI is InChI=1S/C18H29N5O4.CH2O2/c1-12-14(21-27-20-12)10-17(25)23-8-7-18(26-4)6-5-13(9-15(18)23)19-16(24)11-22(2)3;2-1-3/h13,15H,5-11H2,1-4H3,(H,19,24);1H,(H,2,3)/t13-,15+,18-;/m1./s1. The lowest BCUT2D eigenvalue weighted by Crippen LogP contribution is -2.56. The van der Waals surface area contributed by atoms with Crippen molar-refractivity contribution in [2.75, 3.05) is 34.3 Å². The lowest BCUT2D eigenvalue weighted by atomic mass is 9.78. The molecule has 2 fully saturated rings. The van der Waals surface area contributed by atoms with Crippen LogP contribution in [0.5, 0.6) is 0 Å². The highest BCUT2D eigenvalue weighted by Crippen LogP contribution is 2.42. The first-order valence-corrected chi connectivity index (χ1v) is 9.91. The predicted octanol–water partition coefficient (Wildman–Crippen LogP) is -0.162. The average molecular weight is 425 g/mol. The SMILES string of the molecule is CO[C@@]12CC[C@@H](NC(=O)CN(C)C)C[C@@H]1N(C(=O)Cc1nonc1C)CC2.O=CO. The Labute approximate surface area is 175 Å². The third kappa shape index (κ3) is 5.54. The number of hydrogen-bond acceptors (Lipinski definition) is 8. The van der Waals surface area contributed by atoms with Gasteiger partial charge in [-0.2, -0.15) is 0 Å². The number of carbonyl (C=O) groups is 3. The van der Waals surface area contributed by atoms with Gasteiger partial charge in [0.1, 0.15) is 11.4 Å². The molecule has 2 N–H and O–H groups in total. The molecule has 11 nitrogen and oxygen atoms in total. The summed E-state index contributed by atoms with van der Waals surface area (Å²) in [4.78, 5) is 37.2. The van der Waals surface area contributed by atoms with Crippen LogP contribution in [-0.2, 0) is 25.5 Å². The monoisotopic (exact) mass is 425 g/mol. The molecule has 1 saturated carbocycles. The average Bonchev–Trinajstić information content (AvgIpc) is 3.25. The second-order valence-electron chi connectivity index (χ2n) is 7.98. The van der Waals surface area contributed by atoms with Gasteiger partial charge in [0.05, 0.1) is 24.6 Å². The Hall–Kier alpha value is -2.53. The maximum atomic E-state index is 12.9. The summed E-state index contributed by atoms with van der Waals surface area (Å²) >= 11 is 0. The number of methoxy groups -OCH3 is 1. The molecule has 0 unspecified atom stereocenters. The van der Waals surface area contributed by atoms with E-state index in [9.17, 15) is 9.59 Å². The zero-order chi connectivity index (χ0) is 22.3. The van der Waals surface area contributed by atoms with Gasteiger partial charge in [-0.15, -0.1) is 0 Å². The first kappa shape index (κ1) is 23.7. The highest BCUT2D eigenvalue weighted by Gasteiger charge is 2.52. The number of carboxylic acid groups (broad SMARTS) is 1. The summed E-state index contributed by atoms with van der Waals surface area (Å²) in [6.45, 7) is 2.54.